The third-order valence-electron chi connectivity index (χ3n) is 4.78. The average Bonchev–Trinajstić information content (AvgIpc) is 3.01. The van der Waals surface area contributed by atoms with Crippen molar-refractivity contribution >= 4 is 17.5 Å². The zero-order valence-electron chi connectivity index (χ0n) is 17.2. The number of amides is 1. The second kappa shape index (κ2) is 10.4. The molecule has 158 valence electrons. The minimum atomic E-state index is -0.265. The number of hydrogen-bond donors (Lipinski definition) is 2. The Bertz CT molecular complexity index is 1000. The Hall–Kier alpha value is -2.70. The van der Waals surface area contributed by atoms with Crippen LogP contribution in [0.3, 0.4) is 0 Å². The highest BCUT2D eigenvalue weighted by Crippen LogP contribution is 2.21. The summed E-state index contributed by atoms with van der Waals surface area (Å²) in [5.41, 5.74) is 4.38. The quantitative estimate of drug-likeness (QED) is 0.529. The Morgan fingerprint density at radius 3 is 2.63 bits per heavy atom. The van der Waals surface area contributed by atoms with Gasteiger partial charge in [-0.05, 0) is 48.7 Å². The first-order valence-electron chi connectivity index (χ1n) is 10.0. The number of aryl methyl sites for hydroxylation is 1. The Labute approximate surface area is 181 Å². The highest BCUT2D eigenvalue weighted by molar-refractivity contribution is 6.30. The van der Waals surface area contributed by atoms with Gasteiger partial charge in [0, 0.05) is 30.8 Å². The molecule has 3 rings (SSSR count). The molecule has 0 bridgehead atoms. The van der Waals surface area contributed by atoms with Crippen molar-refractivity contribution in [3.8, 4) is 0 Å². The molecule has 2 aromatic carbocycles. The molecule has 3 aromatic rings. The van der Waals surface area contributed by atoms with Gasteiger partial charge in [0.1, 0.15) is 11.0 Å². The molecule has 30 heavy (non-hydrogen) atoms. The number of halogens is 2. The van der Waals surface area contributed by atoms with Crippen molar-refractivity contribution in [2.24, 2.45) is 0 Å². The first-order valence-corrected chi connectivity index (χ1v) is 10.4. The minimum absolute atomic E-state index is 0.0559. The second-order valence-corrected chi connectivity index (χ2v) is 7.56. The maximum atomic E-state index is 13.1. The lowest BCUT2D eigenvalue weighted by Gasteiger charge is -2.08. The van der Waals surface area contributed by atoms with Crippen LogP contribution in [-0.2, 0) is 19.6 Å². The van der Waals surface area contributed by atoms with Gasteiger partial charge in [-0.25, -0.2) is 9.07 Å². The van der Waals surface area contributed by atoms with Crippen molar-refractivity contribution in [1.82, 2.24) is 20.4 Å². The summed E-state index contributed by atoms with van der Waals surface area (Å²) in [6.45, 7) is 6.25. The van der Waals surface area contributed by atoms with Crippen molar-refractivity contribution in [2.75, 3.05) is 6.54 Å². The molecule has 1 amide bonds. The summed E-state index contributed by atoms with van der Waals surface area (Å²) in [6, 6.07) is 13.9. The summed E-state index contributed by atoms with van der Waals surface area (Å²) >= 11 is 6.54. The van der Waals surface area contributed by atoms with E-state index in [1.165, 1.54) is 12.1 Å². The third kappa shape index (κ3) is 5.68. The van der Waals surface area contributed by atoms with E-state index in [9.17, 15) is 9.18 Å². The molecular formula is C23H26ClFN4O. The summed E-state index contributed by atoms with van der Waals surface area (Å²) in [6.07, 6.45) is 0.905. The monoisotopic (exact) mass is 428 g/mol. The minimum Gasteiger partial charge on any atom is -0.352 e. The van der Waals surface area contributed by atoms with E-state index in [4.69, 9.17) is 11.6 Å². The average molecular weight is 429 g/mol. The van der Waals surface area contributed by atoms with E-state index >= 15 is 0 Å². The van der Waals surface area contributed by atoms with E-state index in [2.05, 4.69) is 15.7 Å². The fourth-order valence-electron chi connectivity index (χ4n) is 3.15. The number of hydrogen-bond acceptors (Lipinski definition) is 3. The molecule has 1 aromatic heterocycles. The standard InChI is InChI=1S/C23H26ClFN4O/c1-3-11-27-23(30)19-6-4-5-18(12-19)13-26-14-21-16(2)28-29(22(21)24)15-17-7-9-20(25)10-8-17/h4-10,12,26H,3,11,13-15H2,1-2H3,(H,27,30). The Kier molecular flexibility index (Phi) is 7.60. The highest BCUT2D eigenvalue weighted by atomic mass is 35.5. The van der Waals surface area contributed by atoms with Gasteiger partial charge in [-0.3, -0.25) is 4.79 Å². The fraction of sp³-hybridized carbons (Fsp3) is 0.304. The first kappa shape index (κ1) is 22.0. The number of carbonyl (C=O) groups excluding carboxylic acids is 1. The molecule has 5 nitrogen and oxygen atoms in total. The van der Waals surface area contributed by atoms with E-state index in [0.29, 0.717) is 36.9 Å². The van der Waals surface area contributed by atoms with Crippen LogP contribution in [0.25, 0.3) is 0 Å². The summed E-state index contributed by atoms with van der Waals surface area (Å²) in [5.74, 6) is -0.321. The molecule has 7 heteroatoms. The van der Waals surface area contributed by atoms with E-state index in [1.54, 1.807) is 16.8 Å². The van der Waals surface area contributed by atoms with Gasteiger partial charge in [-0.2, -0.15) is 5.10 Å². The lowest BCUT2D eigenvalue weighted by atomic mass is 10.1. The molecule has 2 N–H and O–H groups in total. The predicted octanol–water partition coefficient (Wildman–Crippen LogP) is 4.46. The fourth-order valence-corrected chi connectivity index (χ4v) is 3.45. The van der Waals surface area contributed by atoms with Gasteiger partial charge < -0.3 is 10.6 Å². The molecule has 0 aliphatic rings. The maximum Gasteiger partial charge on any atom is 0.251 e. The summed E-state index contributed by atoms with van der Waals surface area (Å²) in [7, 11) is 0. The number of nitrogens with one attached hydrogen (secondary N) is 2. The van der Waals surface area contributed by atoms with Gasteiger partial charge >= 0.3 is 0 Å². The summed E-state index contributed by atoms with van der Waals surface area (Å²) in [5, 5.41) is 11.3. The molecule has 0 radical (unpaired) electrons. The van der Waals surface area contributed by atoms with E-state index in [1.807, 2.05) is 38.1 Å². The van der Waals surface area contributed by atoms with Gasteiger partial charge in [0.2, 0.25) is 0 Å². The van der Waals surface area contributed by atoms with Crippen LogP contribution in [-0.4, -0.2) is 22.2 Å². The molecule has 1 heterocycles. The lowest BCUT2D eigenvalue weighted by Crippen LogP contribution is -2.24. The summed E-state index contributed by atoms with van der Waals surface area (Å²) in [4.78, 5) is 12.1. The van der Waals surface area contributed by atoms with Gasteiger partial charge in [0.05, 0.1) is 12.2 Å². The third-order valence-corrected chi connectivity index (χ3v) is 5.21. The molecule has 0 atom stereocenters. The first-order chi connectivity index (χ1) is 14.5. The molecule has 0 fully saturated rings. The largest absolute Gasteiger partial charge is 0.352 e. The van der Waals surface area contributed by atoms with Crippen LogP contribution in [0.4, 0.5) is 4.39 Å². The molecule has 0 spiro atoms. The van der Waals surface area contributed by atoms with Crippen molar-refractivity contribution in [3.63, 3.8) is 0 Å². The van der Waals surface area contributed by atoms with E-state index in [-0.39, 0.29) is 11.7 Å². The number of carbonyl (C=O) groups is 1. The van der Waals surface area contributed by atoms with Crippen LogP contribution in [0.15, 0.2) is 48.5 Å². The van der Waals surface area contributed by atoms with E-state index < -0.39 is 0 Å². The van der Waals surface area contributed by atoms with Gasteiger partial charge in [-0.15, -0.1) is 0 Å². The van der Waals surface area contributed by atoms with Gasteiger partial charge in [0.25, 0.3) is 5.91 Å². The lowest BCUT2D eigenvalue weighted by molar-refractivity contribution is 0.0953. The zero-order chi connectivity index (χ0) is 21.5. The smallest absolute Gasteiger partial charge is 0.251 e. The Morgan fingerprint density at radius 2 is 1.90 bits per heavy atom. The Morgan fingerprint density at radius 1 is 1.13 bits per heavy atom. The molecule has 0 saturated heterocycles. The van der Waals surface area contributed by atoms with Crippen LogP contribution in [0.2, 0.25) is 5.15 Å². The molecule has 0 aliphatic heterocycles. The molecule has 0 unspecified atom stereocenters. The predicted molar refractivity (Wildman–Crippen MR) is 117 cm³/mol. The van der Waals surface area contributed by atoms with E-state index in [0.717, 1.165) is 28.8 Å². The SMILES string of the molecule is CCCNC(=O)c1cccc(CNCc2c(C)nn(Cc3ccc(F)cc3)c2Cl)c1. The van der Waals surface area contributed by atoms with Crippen LogP contribution in [0.1, 0.15) is 46.1 Å². The van der Waals surface area contributed by atoms with Crippen LogP contribution >= 0.6 is 11.6 Å². The van der Waals surface area contributed by atoms with Crippen molar-refractivity contribution < 1.29 is 9.18 Å². The normalized spacial score (nSPS) is 10.9. The van der Waals surface area contributed by atoms with Crippen molar-refractivity contribution in [2.45, 2.75) is 39.9 Å². The Balaban J connectivity index is 1.60. The molecule has 0 aliphatic carbocycles. The maximum absolute atomic E-state index is 13.1. The number of rotatable bonds is 9. The highest BCUT2D eigenvalue weighted by Gasteiger charge is 2.13. The zero-order valence-corrected chi connectivity index (χ0v) is 18.0. The topological polar surface area (TPSA) is 59.0 Å². The van der Waals surface area contributed by atoms with Gasteiger partial charge in [0.15, 0.2) is 0 Å². The van der Waals surface area contributed by atoms with Crippen LogP contribution in [0, 0.1) is 12.7 Å². The van der Waals surface area contributed by atoms with Crippen molar-refractivity contribution in [3.05, 3.63) is 87.4 Å². The number of nitrogens with zero attached hydrogens (tertiary/aromatic N) is 2. The molecular weight excluding hydrogens is 403 g/mol. The van der Waals surface area contributed by atoms with Gasteiger partial charge in [-0.1, -0.05) is 42.8 Å². The van der Waals surface area contributed by atoms with Crippen molar-refractivity contribution in [1.29, 1.82) is 0 Å². The van der Waals surface area contributed by atoms with Crippen LogP contribution < -0.4 is 10.6 Å². The number of benzene rings is 2. The summed E-state index contributed by atoms with van der Waals surface area (Å²) < 4.78 is 14.8. The second-order valence-electron chi connectivity index (χ2n) is 7.20. The molecule has 0 saturated carbocycles. The van der Waals surface area contributed by atoms with Crippen LogP contribution in [0.5, 0.6) is 0 Å². The number of aromatic nitrogens is 2.